The average molecular weight is 490 g/mol. The monoisotopic (exact) mass is 489 g/mol. The third-order valence-electron chi connectivity index (χ3n) is 7.47. The molecule has 2 heterocycles. The largest absolute Gasteiger partial charge is 0.454 e. The topological polar surface area (TPSA) is 46.6 Å². The van der Waals surface area contributed by atoms with Crippen LogP contribution in [-0.4, -0.2) is 31.4 Å². The number of hydrogen-bond acceptors (Lipinski definition) is 4. The van der Waals surface area contributed by atoms with Gasteiger partial charge in [-0.1, -0.05) is 58.4 Å². The standard InChI is InChI=1S/C27H24BrNO3/c28-19-9-7-16(8-10-19)24(30)15-32-27(31)23-12-11-22-20-5-1-3-17(20)13-29-14-18-4-2-6-21(18)25(23)26(22)29/h1-2,5-12,17-18,20-21H,3-4,13-15H2/t17-,18+,20+,21-/m1/s1. The van der Waals surface area contributed by atoms with Crippen LogP contribution in [0.4, 0.5) is 5.69 Å². The summed E-state index contributed by atoms with van der Waals surface area (Å²) in [5.74, 6) is 1.20. The molecule has 4 nitrogen and oxygen atoms in total. The van der Waals surface area contributed by atoms with Crippen LogP contribution in [-0.2, 0) is 4.74 Å². The summed E-state index contributed by atoms with van der Waals surface area (Å²) in [6.07, 6.45) is 11.3. The van der Waals surface area contributed by atoms with Crippen molar-refractivity contribution in [1.29, 1.82) is 0 Å². The first kappa shape index (κ1) is 20.0. The van der Waals surface area contributed by atoms with E-state index in [4.69, 9.17) is 4.74 Å². The summed E-state index contributed by atoms with van der Waals surface area (Å²) in [6, 6.07) is 11.1. The van der Waals surface area contributed by atoms with E-state index in [1.807, 2.05) is 18.2 Å². The lowest BCUT2D eigenvalue weighted by Crippen LogP contribution is -2.44. The molecule has 2 aromatic rings. The van der Waals surface area contributed by atoms with Gasteiger partial charge in [0.05, 0.1) is 5.56 Å². The Labute approximate surface area is 196 Å². The molecule has 0 aromatic heterocycles. The fraction of sp³-hybridized carbons (Fsp3) is 0.333. The number of benzene rings is 2. The highest BCUT2D eigenvalue weighted by atomic mass is 79.9. The second kappa shape index (κ2) is 7.73. The number of allylic oxidation sites excluding steroid dienone is 4. The predicted molar refractivity (Wildman–Crippen MR) is 127 cm³/mol. The molecule has 0 spiro atoms. The molecule has 0 radical (unpaired) electrons. The van der Waals surface area contributed by atoms with Gasteiger partial charge in [0, 0.05) is 40.6 Å². The van der Waals surface area contributed by atoms with E-state index in [1.54, 1.807) is 12.1 Å². The molecule has 2 aliphatic carbocycles. The van der Waals surface area contributed by atoms with Crippen molar-refractivity contribution >= 4 is 33.4 Å². The van der Waals surface area contributed by atoms with Crippen molar-refractivity contribution < 1.29 is 14.3 Å². The third kappa shape index (κ3) is 3.17. The van der Waals surface area contributed by atoms with Gasteiger partial charge in [0.25, 0.3) is 0 Å². The van der Waals surface area contributed by atoms with Gasteiger partial charge >= 0.3 is 5.97 Å². The van der Waals surface area contributed by atoms with E-state index in [9.17, 15) is 9.59 Å². The molecule has 0 fully saturated rings. The molecule has 32 heavy (non-hydrogen) atoms. The van der Waals surface area contributed by atoms with Gasteiger partial charge in [-0.3, -0.25) is 4.79 Å². The Balaban J connectivity index is 1.33. The van der Waals surface area contributed by atoms with Crippen LogP contribution in [0.2, 0.25) is 0 Å². The minimum absolute atomic E-state index is 0.198. The summed E-state index contributed by atoms with van der Waals surface area (Å²) < 4.78 is 6.45. The van der Waals surface area contributed by atoms with Crippen molar-refractivity contribution in [1.82, 2.24) is 0 Å². The number of anilines is 1. The quantitative estimate of drug-likeness (QED) is 0.316. The number of esters is 1. The Hall–Kier alpha value is -2.66. The van der Waals surface area contributed by atoms with Crippen LogP contribution >= 0.6 is 15.9 Å². The van der Waals surface area contributed by atoms with Crippen LogP contribution in [0.25, 0.3) is 0 Å². The molecule has 162 valence electrons. The molecule has 0 saturated heterocycles. The summed E-state index contributed by atoms with van der Waals surface area (Å²) in [7, 11) is 0. The molecule has 0 N–H and O–H groups in total. The zero-order valence-corrected chi connectivity index (χ0v) is 19.3. The van der Waals surface area contributed by atoms with Crippen molar-refractivity contribution in [3.8, 4) is 0 Å². The number of carbonyl (C=O) groups is 2. The molecule has 0 bridgehead atoms. The Bertz CT molecular complexity index is 1160. The predicted octanol–water partition coefficient (Wildman–Crippen LogP) is 5.64. The first-order valence-corrected chi connectivity index (χ1v) is 12.1. The van der Waals surface area contributed by atoms with Gasteiger partial charge in [0.15, 0.2) is 12.4 Å². The molecular formula is C27H24BrNO3. The maximum Gasteiger partial charge on any atom is 0.338 e. The van der Waals surface area contributed by atoms with Crippen LogP contribution in [0, 0.1) is 11.8 Å². The van der Waals surface area contributed by atoms with E-state index >= 15 is 0 Å². The lowest BCUT2D eigenvalue weighted by Gasteiger charge is -2.46. The van der Waals surface area contributed by atoms with Crippen molar-refractivity contribution in [3.05, 3.63) is 87.4 Å². The number of Topliss-reactive ketones (excluding diaryl/α,β-unsaturated/α-hetero) is 1. The highest BCUT2D eigenvalue weighted by Crippen LogP contribution is 2.53. The van der Waals surface area contributed by atoms with Gasteiger partial charge in [-0.25, -0.2) is 4.79 Å². The van der Waals surface area contributed by atoms with Gasteiger partial charge in [-0.05, 0) is 54.0 Å². The summed E-state index contributed by atoms with van der Waals surface area (Å²) in [5, 5.41) is 0. The fourth-order valence-electron chi connectivity index (χ4n) is 5.99. The molecule has 4 aliphatic rings. The fourth-order valence-corrected chi connectivity index (χ4v) is 6.25. The summed E-state index contributed by atoms with van der Waals surface area (Å²) in [6.45, 7) is 1.83. The third-order valence-corrected chi connectivity index (χ3v) is 8.00. The zero-order chi connectivity index (χ0) is 21.8. The minimum atomic E-state index is -0.404. The highest BCUT2D eigenvalue weighted by Gasteiger charge is 2.44. The SMILES string of the molecule is O=C(COC(=O)c1ccc2c3c1[C@@H]1C=CC[C@H]1CN3C[C@H]1CC=C[C@H]21)c1ccc(Br)cc1. The number of carbonyl (C=O) groups excluding carboxylic acids is 2. The number of ketones is 1. The van der Waals surface area contributed by atoms with Crippen LogP contribution in [0.15, 0.2) is 65.2 Å². The van der Waals surface area contributed by atoms with Crippen molar-refractivity contribution in [2.24, 2.45) is 11.8 Å². The number of nitrogens with zero attached hydrogens (tertiary/aromatic N) is 1. The average Bonchev–Trinajstić information content (AvgIpc) is 3.47. The smallest absolute Gasteiger partial charge is 0.338 e. The van der Waals surface area contributed by atoms with E-state index in [1.165, 1.54) is 11.3 Å². The molecule has 4 atom stereocenters. The maximum absolute atomic E-state index is 13.2. The molecule has 6 rings (SSSR count). The lowest BCUT2D eigenvalue weighted by molar-refractivity contribution is 0.0473. The molecule has 5 heteroatoms. The lowest BCUT2D eigenvalue weighted by atomic mass is 9.73. The Morgan fingerprint density at radius 2 is 1.62 bits per heavy atom. The zero-order valence-electron chi connectivity index (χ0n) is 17.7. The van der Waals surface area contributed by atoms with Gasteiger partial charge in [-0.15, -0.1) is 0 Å². The first-order chi connectivity index (χ1) is 15.6. The van der Waals surface area contributed by atoms with E-state index in [2.05, 4.69) is 51.2 Å². The number of ether oxygens (including phenoxy) is 1. The Morgan fingerprint density at radius 1 is 0.938 bits per heavy atom. The van der Waals surface area contributed by atoms with Crippen molar-refractivity contribution in [2.75, 3.05) is 24.6 Å². The Kier molecular flexibility index (Phi) is 4.83. The number of rotatable bonds is 4. The van der Waals surface area contributed by atoms with E-state index in [0.29, 0.717) is 28.9 Å². The van der Waals surface area contributed by atoms with Gasteiger partial charge in [0.2, 0.25) is 0 Å². The van der Waals surface area contributed by atoms with Gasteiger partial charge in [0.1, 0.15) is 0 Å². The second-order valence-corrected chi connectivity index (χ2v) is 10.2. The molecule has 0 saturated carbocycles. The molecular weight excluding hydrogens is 466 g/mol. The summed E-state index contributed by atoms with van der Waals surface area (Å²) in [5.41, 5.74) is 4.83. The second-order valence-electron chi connectivity index (χ2n) is 9.28. The van der Waals surface area contributed by atoms with Gasteiger partial charge < -0.3 is 9.64 Å². The number of hydrogen-bond donors (Lipinski definition) is 0. The van der Waals surface area contributed by atoms with Crippen LogP contribution < -0.4 is 4.90 Å². The molecule has 2 aliphatic heterocycles. The highest BCUT2D eigenvalue weighted by molar-refractivity contribution is 9.10. The minimum Gasteiger partial charge on any atom is -0.454 e. The Morgan fingerprint density at radius 3 is 2.38 bits per heavy atom. The molecule has 2 aromatic carbocycles. The van der Waals surface area contributed by atoms with E-state index in [-0.39, 0.29) is 18.3 Å². The molecule has 0 amide bonds. The van der Waals surface area contributed by atoms with Crippen molar-refractivity contribution in [3.63, 3.8) is 0 Å². The normalized spacial score (nSPS) is 26.5. The summed E-state index contributed by atoms with van der Waals surface area (Å²) in [4.78, 5) is 28.2. The van der Waals surface area contributed by atoms with Crippen LogP contribution in [0.5, 0.6) is 0 Å². The number of fused-ring (bicyclic) bond motifs is 4. The first-order valence-electron chi connectivity index (χ1n) is 11.3. The van der Waals surface area contributed by atoms with Gasteiger partial charge in [-0.2, -0.15) is 0 Å². The van der Waals surface area contributed by atoms with E-state index < -0.39 is 5.97 Å². The van der Waals surface area contributed by atoms with Crippen LogP contribution in [0.1, 0.15) is 56.5 Å². The number of halogens is 1. The molecule has 0 unspecified atom stereocenters. The maximum atomic E-state index is 13.2. The van der Waals surface area contributed by atoms with E-state index in [0.717, 1.165) is 36.0 Å². The summed E-state index contributed by atoms with van der Waals surface area (Å²) >= 11 is 3.37. The van der Waals surface area contributed by atoms with Crippen LogP contribution in [0.3, 0.4) is 0 Å². The van der Waals surface area contributed by atoms with Crippen molar-refractivity contribution in [2.45, 2.75) is 24.7 Å².